The predicted octanol–water partition coefficient (Wildman–Crippen LogP) is 4.99. The third kappa shape index (κ3) is 3.12. The zero-order chi connectivity index (χ0) is 15.4. The number of fused-ring (bicyclic) bond motifs is 1. The van der Waals surface area contributed by atoms with Gasteiger partial charge in [0.2, 0.25) is 0 Å². The van der Waals surface area contributed by atoms with E-state index in [-0.39, 0.29) is 0 Å². The Kier molecular flexibility index (Phi) is 4.39. The molecule has 3 aromatic rings. The van der Waals surface area contributed by atoms with Crippen molar-refractivity contribution >= 4 is 32.9 Å². The van der Waals surface area contributed by atoms with Crippen molar-refractivity contribution in [1.82, 2.24) is 0 Å². The third-order valence-corrected chi connectivity index (χ3v) is 3.95. The number of hydrogen-bond acceptors (Lipinski definition) is 3. The number of oxime groups is 1. The van der Waals surface area contributed by atoms with Crippen LogP contribution in [-0.2, 0) is 6.61 Å². The second kappa shape index (κ2) is 6.62. The standard InChI is InChI=1S/C18H14BrNO2/c19-15-8-5-13(6-9-15)12-22-18-10-7-14-3-1-2-4-16(14)17(18)11-20-21/h1-11,21H,12H2/b20-11+. The number of ether oxygens (including phenoxy) is 1. The van der Waals surface area contributed by atoms with Gasteiger partial charge in [0.05, 0.1) is 6.21 Å². The van der Waals surface area contributed by atoms with Gasteiger partial charge >= 0.3 is 0 Å². The summed E-state index contributed by atoms with van der Waals surface area (Å²) in [4.78, 5) is 0. The van der Waals surface area contributed by atoms with E-state index in [0.717, 1.165) is 26.4 Å². The lowest BCUT2D eigenvalue weighted by atomic mass is 10.0. The Hall–Kier alpha value is -2.33. The van der Waals surface area contributed by atoms with E-state index in [1.165, 1.54) is 6.21 Å². The summed E-state index contributed by atoms with van der Waals surface area (Å²) in [6.45, 7) is 0.456. The summed E-state index contributed by atoms with van der Waals surface area (Å²) in [7, 11) is 0. The number of hydrogen-bond donors (Lipinski definition) is 1. The Morgan fingerprint density at radius 1 is 1.00 bits per heavy atom. The van der Waals surface area contributed by atoms with Crippen molar-refractivity contribution in [2.24, 2.45) is 5.16 Å². The molecule has 0 aromatic heterocycles. The van der Waals surface area contributed by atoms with Crippen LogP contribution >= 0.6 is 15.9 Å². The van der Waals surface area contributed by atoms with Crippen LogP contribution in [0.2, 0.25) is 0 Å². The molecule has 4 heteroatoms. The fraction of sp³-hybridized carbons (Fsp3) is 0.0556. The van der Waals surface area contributed by atoms with E-state index in [2.05, 4.69) is 21.1 Å². The van der Waals surface area contributed by atoms with E-state index in [9.17, 15) is 0 Å². The maximum atomic E-state index is 8.93. The van der Waals surface area contributed by atoms with E-state index in [1.54, 1.807) is 0 Å². The normalized spacial score (nSPS) is 11.1. The molecule has 0 aliphatic rings. The molecule has 0 aliphatic carbocycles. The second-order valence-corrected chi connectivity index (χ2v) is 5.77. The van der Waals surface area contributed by atoms with Crippen molar-refractivity contribution in [3.05, 3.63) is 76.3 Å². The topological polar surface area (TPSA) is 41.8 Å². The van der Waals surface area contributed by atoms with Gasteiger partial charge in [0.1, 0.15) is 12.4 Å². The molecule has 0 radical (unpaired) electrons. The van der Waals surface area contributed by atoms with Crippen molar-refractivity contribution in [1.29, 1.82) is 0 Å². The van der Waals surface area contributed by atoms with Crippen LogP contribution in [-0.4, -0.2) is 11.4 Å². The Balaban J connectivity index is 1.92. The minimum absolute atomic E-state index is 0.456. The van der Waals surface area contributed by atoms with E-state index in [4.69, 9.17) is 9.94 Å². The molecule has 110 valence electrons. The molecule has 3 rings (SSSR count). The molecule has 0 bridgehead atoms. The Morgan fingerprint density at radius 3 is 2.55 bits per heavy atom. The van der Waals surface area contributed by atoms with E-state index >= 15 is 0 Å². The summed E-state index contributed by atoms with van der Waals surface area (Å²) in [6, 6.07) is 19.8. The van der Waals surface area contributed by atoms with Crippen molar-refractivity contribution in [3.8, 4) is 5.75 Å². The summed E-state index contributed by atoms with van der Waals surface area (Å²) in [5.74, 6) is 0.694. The lowest BCUT2D eigenvalue weighted by Gasteiger charge is -2.11. The maximum absolute atomic E-state index is 8.93. The van der Waals surface area contributed by atoms with Gasteiger partial charge in [0.25, 0.3) is 0 Å². The largest absolute Gasteiger partial charge is 0.488 e. The smallest absolute Gasteiger partial charge is 0.129 e. The molecule has 0 spiro atoms. The zero-order valence-electron chi connectivity index (χ0n) is 11.7. The van der Waals surface area contributed by atoms with Gasteiger partial charge in [-0.15, -0.1) is 0 Å². The molecule has 0 unspecified atom stereocenters. The van der Waals surface area contributed by atoms with Gasteiger partial charge in [-0.1, -0.05) is 63.6 Å². The first-order valence-electron chi connectivity index (χ1n) is 6.84. The molecule has 3 nitrogen and oxygen atoms in total. The molecule has 0 aliphatic heterocycles. The highest BCUT2D eigenvalue weighted by molar-refractivity contribution is 9.10. The van der Waals surface area contributed by atoms with Gasteiger partial charge in [0, 0.05) is 10.0 Å². The fourth-order valence-electron chi connectivity index (χ4n) is 2.33. The molecule has 0 atom stereocenters. The molecule has 3 aromatic carbocycles. The van der Waals surface area contributed by atoms with Gasteiger partial charge in [-0.2, -0.15) is 0 Å². The first kappa shape index (κ1) is 14.6. The number of nitrogens with zero attached hydrogens (tertiary/aromatic N) is 1. The van der Waals surface area contributed by atoms with E-state index in [0.29, 0.717) is 12.4 Å². The van der Waals surface area contributed by atoms with Gasteiger partial charge in [-0.05, 0) is 34.5 Å². The molecule has 0 amide bonds. The van der Waals surface area contributed by atoms with Gasteiger partial charge in [-0.25, -0.2) is 0 Å². The average Bonchev–Trinajstić information content (AvgIpc) is 2.56. The first-order chi connectivity index (χ1) is 10.8. The van der Waals surface area contributed by atoms with Crippen LogP contribution in [0.3, 0.4) is 0 Å². The molecular weight excluding hydrogens is 342 g/mol. The molecule has 0 saturated carbocycles. The Morgan fingerprint density at radius 2 is 1.77 bits per heavy atom. The fourth-order valence-corrected chi connectivity index (χ4v) is 2.60. The lowest BCUT2D eigenvalue weighted by molar-refractivity contribution is 0.304. The molecule has 1 N–H and O–H groups in total. The van der Waals surface area contributed by atoms with E-state index < -0.39 is 0 Å². The van der Waals surface area contributed by atoms with Crippen LogP contribution in [0.1, 0.15) is 11.1 Å². The van der Waals surface area contributed by atoms with Gasteiger partial charge in [0.15, 0.2) is 0 Å². The Bertz CT molecular complexity index is 813. The minimum atomic E-state index is 0.456. The van der Waals surface area contributed by atoms with Crippen LogP contribution in [0, 0.1) is 0 Å². The Labute approximate surface area is 137 Å². The van der Waals surface area contributed by atoms with Crippen molar-refractivity contribution in [2.75, 3.05) is 0 Å². The lowest BCUT2D eigenvalue weighted by Crippen LogP contribution is -1.99. The van der Waals surface area contributed by atoms with Crippen molar-refractivity contribution in [3.63, 3.8) is 0 Å². The highest BCUT2D eigenvalue weighted by Gasteiger charge is 2.07. The monoisotopic (exact) mass is 355 g/mol. The number of rotatable bonds is 4. The van der Waals surface area contributed by atoms with E-state index in [1.807, 2.05) is 60.7 Å². The average molecular weight is 356 g/mol. The van der Waals surface area contributed by atoms with Crippen LogP contribution in [0.15, 0.2) is 70.3 Å². The number of halogens is 1. The van der Waals surface area contributed by atoms with Crippen LogP contribution in [0.5, 0.6) is 5.75 Å². The van der Waals surface area contributed by atoms with Crippen molar-refractivity contribution < 1.29 is 9.94 Å². The molecule has 0 heterocycles. The summed E-state index contributed by atoms with van der Waals surface area (Å²) >= 11 is 3.41. The molecular formula is C18H14BrNO2. The highest BCUT2D eigenvalue weighted by atomic mass is 79.9. The quantitative estimate of drug-likeness (QED) is 0.407. The number of benzene rings is 3. The first-order valence-corrected chi connectivity index (χ1v) is 7.63. The third-order valence-electron chi connectivity index (χ3n) is 3.43. The van der Waals surface area contributed by atoms with Crippen LogP contribution in [0.25, 0.3) is 10.8 Å². The summed E-state index contributed by atoms with van der Waals surface area (Å²) in [5.41, 5.74) is 1.85. The summed E-state index contributed by atoms with van der Waals surface area (Å²) in [6.07, 6.45) is 1.42. The van der Waals surface area contributed by atoms with Gasteiger partial charge < -0.3 is 9.94 Å². The van der Waals surface area contributed by atoms with Crippen LogP contribution in [0.4, 0.5) is 0 Å². The maximum Gasteiger partial charge on any atom is 0.129 e. The molecule has 0 saturated heterocycles. The summed E-state index contributed by atoms with van der Waals surface area (Å²) < 4.78 is 6.94. The SMILES string of the molecule is O/N=C/c1c(OCc2ccc(Br)cc2)ccc2ccccc12. The molecule has 22 heavy (non-hydrogen) atoms. The van der Waals surface area contributed by atoms with Crippen LogP contribution < -0.4 is 4.74 Å². The van der Waals surface area contributed by atoms with Crippen molar-refractivity contribution in [2.45, 2.75) is 6.61 Å². The van der Waals surface area contributed by atoms with Gasteiger partial charge in [-0.3, -0.25) is 0 Å². The molecule has 0 fully saturated rings. The zero-order valence-corrected chi connectivity index (χ0v) is 13.3. The minimum Gasteiger partial charge on any atom is -0.488 e. The summed E-state index contributed by atoms with van der Waals surface area (Å²) in [5, 5.41) is 14.2. The highest BCUT2D eigenvalue weighted by Crippen LogP contribution is 2.27. The second-order valence-electron chi connectivity index (χ2n) is 4.86. The predicted molar refractivity (Wildman–Crippen MR) is 91.8 cm³/mol.